The minimum Gasteiger partial charge on any atom is -0.481 e. The second-order valence-electron chi connectivity index (χ2n) is 7.09. The van der Waals surface area contributed by atoms with Crippen LogP contribution in [0.3, 0.4) is 0 Å². The fraction of sp³-hybridized carbons (Fsp3) is 0.500. The number of furan rings is 1. The molecule has 4 N–H and O–H groups in total. The highest BCUT2D eigenvalue weighted by molar-refractivity contribution is 5.88. The summed E-state index contributed by atoms with van der Waals surface area (Å²) in [5.74, 6) is -0.468. The molecule has 6 heteroatoms. The molecule has 1 aromatic heterocycles. The maximum atomic E-state index is 10.6. The highest BCUT2D eigenvalue weighted by atomic mass is 16.4. The van der Waals surface area contributed by atoms with E-state index >= 15 is 0 Å². The summed E-state index contributed by atoms with van der Waals surface area (Å²) in [5.41, 5.74) is 1.35. The van der Waals surface area contributed by atoms with Gasteiger partial charge in [0.1, 0.15) is 17.4 Å². The van der Waals surface area contributed by atoms with E-state index < -0.39 is 24.3 Å². The van der Waals surface area contributed by atoms with Gasteiger partial charge in [-0.1, -0.05) is 56.5 Å². The smallest absolute Gasteiger partial charge is 0.303 e. The molecule has 0 saturated carbocycles. The number of hydrogen-bond acceptors (Lipinski definition) is 5. The number of aliphatic carboxylic acids is 1. The fourth-order valence-electron chi connectivity index (χ4n) is 3.18. The van der Waals surface area contributed by atoms with Crippen LogP contribution in [0.4, 0.5) is 0 Å². The average Bonchev–Trinajstić information content (AvgIpc) is 3.04. The zero-order valence-electron chi connectivity index (χ0n) is 16.3. The van der Waals surface area contributed by atoms with Crippen molar-refractivity contribution in [1.29, 1.82) is 0 Å². The lowest BCUT2D eigenvalue weighted by atomic mass is 10.0. The van der Waals surface area contributed by atoms with Gasteiger partial charge in [0.2, 0.25) is 0 Å². The van der Waals surface area contributed by atoms with Crippen LogP contribution in [0.2, 0.25) is 0 Å². The molecule has 0 spiro atoms. The fourth-order valence-corrected chi connectivity index (χ4v) is 3.18. The first-order chi connectivity index (χ1) is 13.4. The van der Waals surface area contributed by atoms with E-state index in [2.05, 4.69) is 6.92 Å². The van der Waals surface area contributed by atoms with Gasteiger partial charge in [-0.25, -0.2) is 0 Å². The van der Waals surface area contributed by atoms with E-state index in [-0.39, 0.29) is 19.3 Å². The standard InChI is InChI=1S/C22H30O6/c1-2-3-4-9-19(25)22-16(15-8-5-6-11-20(15)28-22)13-14-18(24)17(23)10-7-12-21(26)27/h5-6,8,11,13-14,17-19,23-25H,2-4,7,9-10,12H2,1H3,(H,26,27)/b14-13+. The van der Waals surface area contributed by atoms with Crippen molar-refractivity contribution < 1.29 is 29.6 Å². The van der Waals surface area contributed by atoms with Gasteiger partial charge in [0, 0.05) is 17.4 Å². The Balaban J connectivity index is 2.16. The van der Waals surface area contributed by atoms with Crippen LogP contribution < -0.4 is 0 Å². The van der Waals surface area contributed by atoms with E-state index in [1.54, 1.807) is 6.08 Å². The van der Waals surface area contributed by atoms with Crippen molar-refractivity contribution in [3.05, 3.63) is 41.7 Å². The van der Waals surface area contributed by atoms with Crippen molar-refractivity contribution in [2.45, 2.75) is 70.2 Å². The molecule has 0 saturated heterocycles. The van der Waals surface area contributed by atoms with Crippen LogP contribution in [-0.2, 0) is 4.79 Å². The van der Waals surface area contributed by atoms with E-state index in [1.807, 2.05) is 24.3 Å². The van der Waals surface area contributed by atoms with Crippen LogP contribution in [0.5, 0.6) is 0 Å². The lowest BCUT2D eigenvalue weighted by molar-refractivity contribution is -0.137. The van der Waals surface area contributed by atoms with Gasteiger partial charge in [-0.2, -0.15) is 0 Å². The molecule has 1 aromatic carbocycles. The third-order valence-electron chi connectivity index (χ3n) is 4.79. The molecule has 0 aliphatic heterocycles. The summed E-state index contributed by atoms with van der Waals surface area (Å²) in [5, 5.41) is 40.3. The first kappa shape index (κ1) is 22.1. The molecule has 154 valence electrons. The summed E-state index contributed by atoms with van der Waals surface area (Å²) >= 11 is 0. The second kappa shape index (κ2) is 11.0. The Hall–Kier alpha value is -2.15. The van der Waals surface area contributed by atoms with Gasteiger partial charge in [0.15, 0.2) is 0 Å². The lowest BCUT2D eigenvalue weighted by Crippen LogP contribution is -2.23. The first-order valence-electron chi connectivity index (χ1n) is 9.89. The second-order valence-corrected chi connectivity index (χ2v) is 7.09. The summed E-state index contributed by atoms with van der Waals surface area (Å²) < 4.78 is 5.87. The lowest BCUT2D eigenvalue weighted by Gasteiger charge is -2.14. The molecular weight excluding hydrogens is 360 g/mol. The SMILES string of the molecule is CCCCCC(O)c1oc2ccccc2c1/C=C/C(O)C(O)CCCC(=O)O. The van der Waals surface area contributed by atoms with E-state index in [0.717, 1.165) is 24.6 Å². The number of carboxylic acids is 1. The normalized spacial score (nSPS) is 15.1. The number of benzene rings is 1. The van der Waals surface area contributed by atoms with Crippen molar-refractivity contribution in [3.63, 3.8) is 0 Å². The van der Waals surface area contributed by atoms with Gasteiger partial charge in [-0.05, 0) is 25.3 Å². The van der Waals surface area contributed by atoms with Crippen LogP contribution >= 0.6 is 0 Å². The predicted molar refractivity (Wildman–Crippen MR) is 108 cm³/mol. The van der Waals surface area contributed by atoms with Gasteiger partial charge >= 0.3 is 5.97 Å². The minimum atomic E-state index is -1.13. The number of unbranched alkanes of at least 4 members (excludes halogenated alkanes) is 2. The Morgan fingerprint density at radius 3 is 2.57 bits per heavy atom. The molecule has 3 atom stereocenters. The van der Waals surface area contributed by atoms with E-state index in [9.17, 15) is 20.1 Å². The van der Waals surface area contributed by atoms with Crippen LogP contribution in [0.1, 0.15) is 69.3 Å². The third kappa shape index (κ3) is 6.19. The van der Waals surface area contributed by atoms with Crippen LogP contribution in [0, 0.1) is 0 Å². The van der Waals surface area contributed by atoms with Crippen molar-refractivity contribution in [1.82, 2.24) is 0 Å². The summed E-state index contributed by atoms with van der Waals surface area (Å²) in [6.45, 7) is 2.10. The molecule has 2 aromatic rings. The summed E-state index contributed by atoms with van der Waals surface area (Å²) in [6.07, 6.45) is 4.21. The maximum absolute atomic E-state index is 10.6. The molecule has 0 amide bonds. The van der Waals surface area contributed by atoms with Crippen LogP contribution in [-0.4, -0.2) is 38.6 Å². The molecule has 0 aliphatic carbocycles. The summed E-state index contributed by atoms with van der Waals surface area (Å²) in [7, 11) is 0. The van der Waals surface area contributed by atoms with E-state index in [1.165, 1.54) is 6.08 Å². The summed E-state index contributed by atoms with van der Waals surface area (Å²) in [6, 6.07) is 7.44. The Morgan fingerprint density at radius 1 is 1.11 bits per heavy atom. The Kier molecular flexibility index (Phi) is 8.70. The number of carboxylic acid groups (broad SMARTS) is 1. The molecule has 28 heavy (non-hydrogen) atoms. The molecular formula is C22H30O6. The van der Waals surface area contributed by atoms with Gasteiger partial charge in [0.25, 0.3) is 0 Å². The molecule has 0 bridgehead atoms. The van der Waals surface area contributed by atoms with Gasteiger partial charge in [0.05, 0.1) is 12.2 Å². The topological polar surface area (TPSA) is 111 Å². The average molecular weight is 390 g/mol. The minimum absolute atomic E-state index is 0.0477. The maximum Gasteiger partial charge on any atom is 0.303 e. The molecule has 0 radical (unpaired) electrons. The molecule has 2 rings (SSSR count). The van der Waals surface area contributed by atoms with Gasteiger partial charge < -0.3 is 24.8 Å². The number of carbonyl (C=O) groups is 1. The Morgan fingerprint density at radius 2 is 1.86 bits per heavy atom. The quantitative estimate of drug-likeness (QED) is 0.407. The zero-order valence-corrected chi connectivity index (χ0v) is 16.3. The Labute approximate surface area is 165 Å². The van der Waals surface area contributed by atoms with E-state index in [0.29, 0.717) is 23.3 Å². The first-order valence-corrected chi connectivity index (χ1v) is 9.89. The van der Waals surface area contributed by atoms with E-state index in [4.69, 9.17) is 9.52 Å². The third-order valence-corrected chi connectivity index (χ3v) is 4.79. The molecule has 6 nitrogen and oxygen atoms in total. The number of fused-ring (bicyclic) bond motifs is 1. The number of rotatable bonds is 12. The molecule has 1 heterocycles. The van der Waals surface area contributed by atoms with Crippen LogP contribution in [0.25, 0.3) is 17.0 Å². The monoisotopic (exact) mass is 390 g/mol. The van der Waals surface area contributed by atoms with Crippen molar-refractivity contribution in [2.75, 3.05) is 0 Å². The predicted octanol–water partition coefficient (Wildman–Crippen LogP) is 4.04. The highest BCUT2D eigenvalue weighted by Crippen LogP contribution is 2.33. The number of hydrogen-bond donors (Lipinski definition) is 4. The van der Waals surface area contributed by atoms with Crippen molar-refractivity contribution in [2.24, 2.45) is 0 Å². The molecule has 0 fully saturated rings. The zero-order chi connectivity index (χ0) is 20.5. The number of aliphatic hydroxyl groups excluding tert-OH is 3. The largest absolute Gasteiger partial charge is 0.481 e. The number of para-hydroxylation sites is 1. The van der Waals surface area contributed by atoms with Crippen LogP contribution in [0.15, 0.2) is 34.8 Å². The van der Waals surface area contributed by atoms with Gasteiger partial charge in [-0.3, -0.25) is 4.79 Å². The highest BCUT2D eigenvalue weighted by Gasteiger charge is 2.20. The van der Waals surface area contributed by atoms with Gasteiger partial charge in [-0.15, -0.1) is 0 Å². The number of aliphatic hydroxyl groups is 3. The Bertz CT molecular complexity index is 778. The summed E-state index contributed by atoms with van der Waals surface area (Å²) in [4.78, 5) is 10.6. The van der Waals surface area contributed by atoms with Crippen molar-refractivity contribution >= 4 is 23.0 Å². The van der Waals surface area contributed by atoms with Crippen molar-refractivity contribution in [3.8, 4) is 0 Å². The molecule has 3 unspecified atom stereocenters. The molecule has 0 aliphatic rings.